The zero-order valence-corrected chi connectivity index (χ0v) is 18.1. The van der Waals surface area contributed by atoms with Gasteiger partial charge in [-0.2, -0.15) is 0 Å². The summed E-state index contributed by atoms with van der Waals surface area (Å²) in [5.41, 5.74) is 3.27. The number of rotatable bonds is 8. The van der Waals surface area contributed by atoms with E-state index in [1.54, 1.807) is 0 Å². The Hall–Kier alpha value is -3.60. The van der Waals surface area contributed by atoms with Crippen molar-refractivity contribution in [2.45, 2.75) is 31.8 Å². The fourth-order valence-corrected chi connectivity index (χ4v) is 4.47. The minimum Gasteiger partial charge on any atom is -0.494 e. The van der Waals surface area contributed by atoms with Crippen molar-refractivity contribution in [3.63, 3.8) is 0 Å². The standard InChI is InChI=1S/C27H27N3O2/c31-26-18-22(20-29(26)19-21-10-3-1-4-11-21)27-28-24-14-7-8-15-25(24)30(27)16-9-17-32-23-12-5-2-6-13-23/h1-8,10-15,22H,9,16-20H2. The molecule has 1 aromatic heterocycles. The molecule has 1 unspecified atom stereocenters. The Balaban J connectivity index is 1.31. The maximum absolute atomic E-state index is 12.8. The average molecular weight is 426 g/mol. The molecule has 1 fully saturated rings. The van der Waals surface area contributed by atoms with Gasteiger partial charge in [-0.1, -0.05) is 60.7 Å². The highest BCUT2D eigenvalue weighted by Crippen LogP contribution is 2.31. The van der Waals surface area contributed by atoms with Gasteiger partial charge in [0.05, 0.1) is 17.6 Å². The molecule has 32 heavy (non-hydrogen) atoms. The molecule has 5 nitrogen and oxygen atoms in total. The summed E-state index contributed by atoms with van der Waals surface area (Å²) in [6.45, 7) is 2.81. The van der Waals surface area contributed by atoms with Gasteiger partial charge in [-0.05, 0) is 36.2 Å². The predicted octanol–water partition coefficient (Wildman–Crippen LogP) is 5.02. The summed E-state index contributed by atoms with van der Waals surface area (Å²) in [5.74, 6) is 2.20. The molecule has 1 atom stereocenters. The van der Waals surface area contributed by atoms with Gasteiger partial charge in [-0.25, -0.2) is 4.98 Å². The first-order valence-electron chi connectivity index (χ1n) is 11.2. The highest BCUT2D eigenvalue weighted by atomic mass is 16.5. The van der Waals surface area contributed by atoms with Gasteiger partial charge in [0, 0.05) is 32.0 Å². The van der Waals surface area contributed by atoms with E-state index in [4.69, 9.17) is 9.72 Å². The third-order valence-electron chi connectivity index (χ3n) is 6.02. The van der Waals surface area contributed by atoms with Gasteiger partial charge < -0.3 is 14.2 Å². The van der Waals surface area contributed by atoms with Crippen LogP contribution in [-0.2, 0) is 17.9 Å². The number of aryl methyl sites for hydroxylation is 1. The van der Waals surface area contributed by atoms with Crippen LogP contribution in [0.3, 0.4) is 0 Å². The molecule has 0 aliphatic carbocycles. The van der Waals surface area contributed by atoms with Crippen molar-refractivity contribution in [3.8, 4) is 5.75 Å². The number of carbonyl (C=O) groups excluding carboxylic acids is 1. The number of carbonyl (C=O) groups is 1. The van der Waals surface area contributed by atoms with Crippen LogP contribution in [0.2, 0.25) is 0 Å². The number of hydrogen-bond acceptors (Lipinski definition) is 3. The van der Waals surface area contributed by atoms with Gasteiger partial charge in [-0.3, -0.25) is 4.79 Å². The van der Waals surface area contributed by atoms with E-state index >= 15 is 0 Å². The zero-order chi connectivity index (χ0) is 21.8. The minimum absolute atomic E-state index is 0.105. The average Bonchev–Trinajstić information content (AvgIpc) is 3.38. The summed E-state index contributed by atoms with van der Waals surface area (Å²) < 4.78 is 8.17. The molecule has 5 heteroatoms. The Labute approximate surface area is 188 Å². The number of benzene rings is 3. The van der Waals surface area contributed by atoms with E-state index in [1.807, 2.05) is 71.6 Å². The van der Waals surface area contributed by atoms with Gasteiger partial charge >= 0.3 is 0 Å². The van der Waals surface area contributed by atoms with Gasteiger partial charge in [-0.15, -0.1) is 0 Å². The molecule has 0 saturated carbocycles. The second-order valence-electron chi connectivity index (χ2n) is 8.29. The van der Waals surface area contributed by atoms with Crippen LogP contribution in [-0.4, -0.2) is 33.5 Å². The van der Waals surface area contributed by atoms with E-state index in [2.05, 4.69) is 22.8 Å². The number of nitrogens with zero attached hydrogens (tertiary/aromatic N) is 3. The molecule has 3 aromatic carbocycles. The lowest BCUT2D eigenvalue weighted by atomic mass is 10.1. The lowest BCUT2D eigenvalue weighted by molar-refractivity contribution is -0.128. The van der Waals surface area contributed by atoms with Crippen LogP contribution in [0.5, 0.6) is 5.75 Å². The molecule has 4 aromatic rings. The number of amides is 1. The summed E-state index contributed by atoms with van der Waals surface area (Å²) in [6, 6.07) is 28.3. The van der Waals surface area contributed by atoms with Gasteiger partial charge in [0.25, 0.3) is 0 Å². The second-order valence-corrected chi connectivity index (χ2v) is 8.29. The van der Waals surface area contributed by atoms with Crippen LogP contribution in [0.25, 0.3) is 11.0 Å². The van der Waals surface area contributed by atoms with E-state index in [0.717, 1.165) is 41.1 Å². The van der Waals surface area contributed by atoms with Crippen molar-refractivity contribution in [3.05, 3.63) is 96.3 Å². The summed E-state index contributed by atoms with van der Waals surface area (Å²) in [7, 11) is 0. The van der Waals surface area contributed by atoms with Crippen molar-refractivity contribution < 1.29 is 9.53 Å². The van der Waals surface area contributed by atoms with E-state index in [1.165, 1.54) is 0 Å². The Morgan fingerprint density at radius 1 is 0.906 bits per heavy atom. The van der Waals surface area contributed by atoms with Crippen molar-refractivity contribution in [1.29, 1.82) is 0 Å². The monoisotopic (exact) mass is 425 g/mol. The Kier molecular flexibility index (Phi) is 5.88. The van der Waals surface area contributed by atoms with Gasteiger partial charge in [0.2, 0.25) is 5.91 Å². The van der Waals surface area contributed by atoms with Crippen LogP contribution >= 0.6 is 0 Å². The van der Waals surface area contributed by atoms with Crippen molar-refractivity contribution >= 4 is 16.9 Å². The molecule has 162 valence electrons. The molecule has 1 aliphatic heterocycles. The Morgan fingerprint density at radius 3 is 2.44 bits per heavy atom. The van der Waals surface area contributed by atoms with Crippen LogP contribution < -0.4 is 4.74 Å². The second kappa shape index (κ2) is 9.27. The highest BCUT2D eigenvalue weighted by Gasteiger charge is 2.33. The number of ether oxygens (including phenoxy) is 1. The van der Waals surface area contributed by atoms with Crippen molar-refractivity contribution in [2.24, 2.45) is 0 Å². The lowest BCUT2D eigenvalue weighted by Crippen LogP contribution is -2.24. The quantitative estimate of drug-likeness (QED) is 0.372. The van der Waals surface area contributed by atoms with Crippen LogP contribution in [0.4, 0.5) is 0 Å². The molecule has 0 bridgehead atoms. The molecular weight excluding hydrogens is 398 g/mol. The molecule has 0 spiro atoms. The topological polar surface area (TPSA) is 47.4 Å². The first-order valence-corrected chi connectivity index (χ1v) is 11.2. The molecule has 2 heterocycles. The van der Waals surface area contributed by atoms with E-state index in [-0.39, 0.29) is 11.8 Å². The number of imidazole rings is 1. The largest absolute Gasteiger partial charge is 0.494 e. The minimum atomic E-state index is 0.105. The maximum atomic E-state index is 12.8. The first kappa shape index (κ1) is 20.3. The predicted molar refractivity (Wildman–Crippen MR) is 126 cm³/mol. The highest BCUT2D eigenvalue weighted by molar-refractivity contribution is 5.81. The van der Waals surface area contributed by atoms with Crippen molar-refractivity contribution in [2.75, 3.05) is 13.2 Å². The van der Waals surface area contributed by atoms with Crippen LogP contribution in [0, 0.1) is 0 Å². The molecule has 1 amide bonds. The van der Waals surface area contributed by atoms with Gasteiger partial charge in [0.15, 0.2) is 0 Å². The number of hydrogen-bond donors (Lipinski definition) is 0. The summed E-state index contributed by atoms with van der Waals surface area (Å²) in [6.07, 6.45) is 1.38. The third-order valence-corrected chi connectivity index (χ3v) is 6.02. The SMILES string of the molecule is O=C1CC(c2nc3ccccc3n2CCCOc2ccccc2)CN1Cc1ccccc1. The summed E-state index contributed by atoms with van der Waals surface area (Å²) in [4.78, 5) is 19.7. The Morgan fingerprint density at radius 2 is 1.62 bits per heavy atom. The third kappa shape index (κ3) is 4.37. The van der Waals surface area contributed by atoms with Gasteiger partial charge in [0.1, 0.15) is 11.6 Å². The number of aromatic nitrogens is 2. The summed E-state index contributed by atoms with van der Waals surface area (Å²) >= 11 is 0. The molecular formula is C27H27N3O2. The molecule has 5 rings (SSSR count). The zero-order valence-electron chi connectivity index (χ0n) is 18.1. The number of likely N-dealkylation sites (tertiary alicyclic amines) is 1. The molecule has 0 radical (unpaired) electrons. The Bertz CT molecular complexity index is 1190. The fourth-order valence-electron chi connectivity index (χ4n) is 4.47. The number of fused-ring (bicyclic) bond motifs is 1. The van der Waals surface area contributed by atoms with Crippen molar-refractivity contribution in [1.82, 2.24) is 14.5 Å². The normalized spacial score (nSPS) is 16.1. The first-order chi connectivity index (χ1) is 15.8. The van der Waals surface area contributed by atoms with Crippen LogP contribution in [0.1, 0.15) is 30.1 Å². The fraction of sp³-hybridized carbons (Fsp3) is 0.259. The van der Waals surface area contributed by atoms with E-state index in [9.17, 15) is 4.79 Å². The number of para-hydroxylation sites is 3. The molecule has 1 saturated heterocycles. The summed E-state index contributed by atoms with van der Waals surface area (Å²) in [5, 5.41) is 0. The maximum Gasteiger partial charge on any atom is 0.223 e. The molecule has 1 aliphatic rings. The van der Waals surface area contributed by atoms with E-state index in [0.29, 0.717) is 26.1 Å². The smallest absolute Gasteiger partial charge is 0.223 e. The molecule has 0 N–H and O–H groups in total. The van der Waals surface area contributed by atoms with Crippen LogP contribution in [0.15, 0.2) is 84.9 Å². The van der Waals surface area contributed by atoms with E-state index < -0.39 is 0 Å². The lowest BCUT2D eigenvalue weighted by Gasteiger charge is -2.17.